The Kier molecular flexibility index (Phi) is 4.07. The monoisotopic (exact) mass is 342 g/mol. The van der Waals surface area contributed by atoms with Gasteiger partial charge in [0.25, 0.3) is 0 Å². The van der Waals surface area contributed by atoms with Crippen LogP contribution in [0.25, 0.3) is 0 Å². The van der Waals surface area contributed by atoms with E-state index in [-0.39, 0.29) is 5.56 Å². The van der Waals surface area contributed by atoms with E-state index in [4.69, 9.17) is 5.11 Å². The van der Waals surface area contributed by atoms with Crippen LogP contribution in [0.3, 0.4) is 0 Å². The second kappa shape index (κ2) is 5.76. The number of nitrogens with one attached hydrogen (secondary N) is 2. The highest BCUT2D eigenvalue weighted by atomic mass is 79.9. The molecule has 0 saturated heterocycles. The number of nitrogens with zero attached hydrogens (tertiary/aromatic N) is 2. The number of carbonyl (C=O) groups excluding carboxylic acids is 1. The smallest absolute Gasteiger partial charge is 0.335 e. The van der Waals surface area contributed by atoms with Crippen molar-refractivity contribution in [3.05, 3.63) is 33.7 Å². The van der Waals surface area contributed by atoms with E-state index in [1.54, 1.807) is 6.07 Å². The number of hydrogen-bond donors (Lipinski definition) is 3. The summed E-state index contributed by atoms with van der Waals surface area (Å²) in [5, 5.41) is 21.5. The van der Waals surface area contributed by atoms with Gasteiger partial charge < -0.3 is 10.4 Å². The van der Waals surface area contributed by atoms with Gasteiger partial charge in [0.15, 0.2) is 0 Å². The van der Waals surface area contributed by atoms with Gasteiger partial charge in [-0.15, -0.1) is 10.2 Å². The number of aromatic nitrogens is 2. The fourth-order valence-electron chi connectivity index (χ4n) is 1.23. The Hall–Kier alpha value is -2.00. The molecule has 0 atom stereocenters. The highest BCUT2D eigenvalue weighted by molar-refractivity contribution is 9.10. The summed E-state index contributed by atoms with van der Waals surface area (Å²) in [6.45, 7) is 0. The number of halogens is 1. The maximum Gasteiger partial charge on any atom is 0.335 e. The zero-order chi connectivity index (χ0) is 13.8. The van der Waals surface area contributed by atoms with Crippen LogP contribution >= 0.6 is 27.3 Å². The minimum absolute atomic E-state index is 0.0782. The highest BCUT2D eigenvalue weighted by Gasteiger charge is 2.10. The third kappa shape index (κ3) is 3.48. The average Bonchev–Trinajstić information content (AvgIpc) is 2.84. The zero-order valence-corrected chi connectivity index (χ0v) is 11.7. The maximum atomic E-state index is 11.7. The molecule has 7 nitrogen and oxygen atoms in total. The Morgan fingerprint density at radius 1 is 1.32 bits per heavy atom. The molecule has 0 aliphatic rings. The van der Waals surface area contributed by atoms with Crippen molar-refractivity contribution in [1.82, 2.24) is 10.2 Å². The van der Waals surface area contributed by atoms with Crippen molar-refractivity contribution in [2.75, 3.05) is 10.6 Å². The molecule has 2 amide bonds. The van der Waals surface area contributed by atoms with Gasteiger partial charge in [-0.3, -0.25) is 5.32 Å². The van der Waals surface area contributed by atoms with Gasteiger partial charge in [0.2, 0.25) is 5.13 Å². The minimum Gasteiger partial charge on any atom is -0.478 e. The van der Waals surface area contributed by atoms with E-state index >= 15 is 0 Å². The molecule has 0 bridgehead atoms. The quantitative estimate of drug-likeness (QED) is 0.795. The van der Waals surface area contributed by atoms with Gasteiger partial charge >= 0.3 is 12.0 Å². The van der Waals surface area contributed by atoms with E-state index in [0.29, 0.717) is 15.3 Å². The lowest BCUT2D eigenvalue weighted by Gasteiger charge is -2.08. The van der Waals surface area contributed by atoms with Crippen LogP contribution in [-0.4, -0.2) is 27.3 Å². The Morgan fingerprint density at radius 3 is 2.74 bits per heavy atom. The van der Waals surface area contributed by atoms with Gasteiger partial charge in [0.05, 0.1) is 11.3 Å². The normalized spacial score (nSPS) is 9.95. The largest absolute Gasteiger partial charge is 0.478 e. The lowest BCUT2D eigenvalue weighted by molar-refractivity contribution is 0.0697. The van der Waals surface area contributed by atoms with E-state index in [1.165, 1.54) is 29.0 Å². The van der Waals surface area contributed by atoms with Gasteiger partial charge in [0.1, 0.15) is 5.51 Å². The third-order valence-corrected chi connectivity index (χ3v) is 3.34. The van der Waals surface area contributed by atoms with E-state index in [2.05, 4.69) is 36.8 Å². The Morgan fingerprint density at radius 2 is 2.11 bits per heavy atom. The first-order valence-corrected chi connectivity index (χ1v) is 6.60. The van der Waals surface area contributed by atoms with E-state index < -0.39 is 12.0 Å². The molecular weight excluding hydrogens is 336 g/mol. The zero-order valence-electron chi connectivity index (χ0n) is 9.25. The maximum absolute atomic E-state index is 11.7. The summed E-state index contributed by atoms with van der Waals surface area (Å²) in [7, 11) is 0. The Bertz CT molecular complexity index is 617. The molecule has 0 unspecified atom stereocenters. The molecule has 0 saturated carbocycles. The van der Waals surface area contributed by atoms with Crippen LogP contribution in [0.1, 0.15) is 10.4 Å². The molecule has 1 aromatic heterocycles. The van der Waals surface area contributed by atoms with Crippen LogP contribution < -0.4 is 10.6 Å². The molecule has 0 aliphatic heterocycles. The number of amides is 2. The highest BCUT2D eigenvalue weighted by Crippen LogP contribution is 2.24. The molecule has 2 rings (SSSR count). The standard InChI is InChI=1S/C10H7BrN4O3S/c11-6-2-1-5(8(16)17)3-7(6)13-9(18)14-10-15-12-4-19-10/h1-4H,(H,16,17)(H2,13,14,15,18). The number of aromatic carboxylic acids is 1. The molecular formula is C10H7BrN4O3S. The predicted octanol–water partition coefficient (Wildman–Crippen LogP) is 2.64. The van der Waals surface area contributed by atoms with Crippen LogP contribution in [0.5, 0.6) is 0 Å². The molecule has 19 heavy (non-hydrogen) atoms. The Labute approximate surface area is 119 Å². The number of anilines is 2. The summed E-state index contributed by atoms with van der Waals surface area (Å²) in [6.07, 6.45) is 0. The lowest BCUT2D eigenvalue weighted by atomic mass is 10.2. The number of carboxylic acids is 1. The van der Waals surface area contributed by atoms with Crippen LogP contribution in [-0.2, 0) is 0 Å². The first kappa shape index (κ1) is 13.4. The molecule has 1 aromatic carbocycles. The number of rotatable bonds is 3. The van der Waals surface area contributed by atoms with Crippen molar-refractivity contribution < 1.29 is 14.7 Å². The topological polar surface area (TPSA) is 104 Å². The van der Waals surface area contributed by atoms with Crippen molar-refractivity contribution in [1.29, 1.82) is 0 Å². The van der Waals surface area contributed by atoms with Crippen molar-refractivity contribution in [3.8, 4) is 0 Å². The van der Waals surface area contributed by atoms with Crippen molar-refractivity contribution in [2.24, 2.45) is 0 Å². The number of carbonyl (C=O) groups is 2. The number of hydrogen-bond acceptors (Lipinski definition) is 5. The Balaban J connectivity index is 2.11. The summed E-state index contributed by atoms with van der Waals surface area (Å²) in [4.78, 5) is 22.5. The second-order valence-corrected chi connectivity index (χ2v) is 5.01. The molecule has 0 radical (unpaired) electrons. The molecule has 0 spiro atoms. The molecule has 98 valence electrons. The molecule has 2 aromatic rings. The lowest BCUT2D eigenvalue weighted by Crippen LogP contribution is -2.19. The van der Waals surface area contributed by atoms with Crippen molar-refractivity contribution in [3.63, 3.8) is 0 Å². The summed E-state index contributed by atoms with van der Waals surface area (Å²) < 4.78 is 0.574. The van der Waals surface area contributed by atoms with E-state index in [9.17, 15) is 9.59 Å². The van der Waals surface area contributed by atoms with Gasteiger partial charge in [-0.2, -0.15) is 0 Å². The van der Waals surface area contributed by atoms with E-state index in [0.717, 1.165) is 0 Å². The van der Waals surface area contributed by atoms with Crippen LogP contribution in [0.15, 0.2) is 28.2 Å². The summed E-state index contributed by atoms with van der Waals surface area (Å²) in [6, 6.07) is 3.80. The number of carboxylic acid groups (broad SMARTS) is 1. The van der Waals surface area contributed by atoms with Crippen molar-refractivity contribution in [2.45, 2.75) is 0 Å². The minimum atomic E-state index is -1.07. The van der Waals surface area contributed by atoms with Gasteiger partial charge in [0, 0.05) is 4.47 Å². The van der Waals surface area contributed by atoms with Crippen molar-refractivity contribution >= 4 is 50.1 Å². The second-order valence-electron chi connectivity index (χ2n) is 3.32. The van der Waals surface area contributed by atoms with Crippen LogP contribution in [0.2, 0.25) is 0 Å². The summed E-state index contributed by atoms with van der Waals surface area (Å²) >= 11 is 4.40. The SMILES string of the molecule is O=C(Nc1nncs1)Nc1cc(C(=O)O)ccc1Br. The summed E-state index contributed by atoms with van der Waals surface area (Å²) in [5.74, 6) is -1.07. The van der Waals surface area contributed by atoms with Gasteiger partial charge in [-0.25, -0.2) is 9.59 Å². The van der Waals surface area contributed by atoms with Crippen LogP contribution in [0, 0.1) is 0 Å². The molecule has 9 heteroatoms. The first-order chi connectivity index (χ1) is 9.06. The third-order valence-electron chi connectivity index (χ3n) is 2.04. The number of benzene rings is 1. The average molecular weight is 343 g/mol. The molecule has 0 fully saturated rings. The van der Waals surface area contributed by atoms with Crippen LogP contribution in [0.4, 0.5) is 15.6 Å². The molecule has 3 N–H and O–H groups in total. The molecule has 1 heterocycles. The van der Waals surface area contributed by atoms with E-state index in [1.807, 2.05) is 0 Å². The van der Waals surface area contributed by atoms with Gasteiger partial charge in [-0.1, -0.05) is 11.3 Å². The first-order valence-electron chi connectivity index (χ1n) is 4.93. The summed E-state index contributed by atoms with van der Waals surface area (Å²) in [5.41, 5.74) is 1.91. The molecule has 0 aliphatic carbocycles. The fourth-order valence-corrected chi connectivity index (χ4v) is 2.02. The number of urea groups is 1. The van der Waals surface area contributed by atoms with Gasteiger partial charge in [-0.05, 0) is 34.1 Å². The predicted molar refractivity (Wildman–Crippen MR) is 73.7 cm³/mol. The fraction of sp³-hybridized carbons (Fsp3) is 0.